The van der Waals surface area contributed by atoms with Crippen LogP contribution in [0.2, 0.25) is 0 Å². The molecule has 9 heteroatoms. The highest BCUT2D eigenvalue weighted by Crippen LogP contribution is 2.43. The van der Waals surface area contributed by atoms with E-state index in [4.69, 9.17) is 9.05 Å². The van der Waals surface area contributed by atoms with Crippen molar-refractivity contribution >= 4 is 13.7 Å². The maximum atomic E-state index is 13.0. The normalized spacial score (nSPS) is 14.4. The third-order valence-electron chi connectivity index (χ3n) is 13.6. The van der Waals surface area contributed by atoms with E-state index in [0.717, 1.165) is 70.6 Å². The number of amides is 1. The van der Waals surface area contributed by atoms with E-state index in [1.165, 1.54) is 180 Å². The lowest BCUT2D eigenvalue weighted by Crippen LogP contribution is -2.45. The number of carbonyl (C=O) groups excluding carboxylic acids is 1. The van der Waals surface area contributed by atoms with Gasteiger partial charge in [-0.05, 0) is 77.0 Å². The zero-order valence-electron chi connectivity index (χ0n) is 49.1. The maximum Gasteiger partial charge on any atom is 0.472 e. The summed E-state index contributed by atoms with van der Waals surface area (Å²) < 4.78 is 23.7. The molecule has 0 rings (SSSR count). The van der Waals surface area contributed by atoms with Gasteiger partial charge in [-0.15, -0.1) is 0 Å². The molecule has 3 unspecified atom stereocenters. The average Bonchev–Trinajstić information content (AvgIpc) is 3.36. The Kier molecular flexibility index (Phi) is 53.7. The lowest BCUT2D eigenvalue weighted by atomic mass is 10.0. The molecule has 3 atom stereocenters. The van der Waals surface area contributed by atoms with Gasteiger partial charge in [0.1, 0.15) is 13.2 Å². The van der Waals surface area contributed by atoms with Crippen LogP contribution < -0.4 is 5.32 Å². The first-order valence-corrected chi connectivity index (χ1v) is 32.5. The zero-order valence-corrected chi connectivity index (χ0v) is 50.0. The van der Waals surface area contributed by atoms with E-state index in [0.29, 0.717) is 17.4 Å². The molecule has 0 aliphatic rings. The van der Waals surface area contributed by atoms with Gasteiger partial charge >= 0.3 is 7.82 Å². The Morgan fingerprint density at radius 1 is 0.473 bits per heavy atom. The SMILES string of the molecule is CC/C=C\C/C=C\C/C=C\C/C=C\C/C=C\CCCCCCCCCCCCCCCCCCCCCC(=O)NC(COP(=O)(O)OCC[N+](C)(C)C)C(O)/C=C/CC/C=C/CCCCCCCCCCCCC. The van der Waals surface area contributed by atoms with E-state index in [9.17, 15) is 19.4 Å². The predicted molar refractivity (Wildman–Crippen MR) is 323 cm³/mol. The monoisotopic (exact) mass is 1060 g/mol. The topological polar surface area (TPSA) is 105 Å². The van der Waals surface area contributed by atoms with Crippen LogP contribution in [0.5, 0.6) is 0 Å². The summed E-state index contributed by atoms with van der Waals surface area (Å²) in [7, 11) is 1.56. The van der Waals surface area contributed by atoms with Crippen LogP contribution in [-0.2, 0) is 18.4 Å². The lowest BCUT2D eigenvalue weighted by molar-refractivity contribution is -0.870. The lowest BCUT2D eigenvalue weighted by Gasteiger charge is -2.25. The summed E-state index contributed by atoms with van der Waals surface area (Å²) in [6.45, 7) is 4.70. The van der Waals surface area contributed by atoms with E-state index < -0.39 is 20.0 Å². The van der Waals surface area contributed by atoms with Crippen molar-refractivity contribution in [3.8, 4) is 0 Å². The number of aliphatic hydroxyl groups is 1. The minimum absolute atomic E-state index is 0.0549. The van der Waals surface area contributed by atoms with E-state index >= 15 is 0 Å². The van der Waals surface area contributed by atoms with Gasteiger partial charge < -0.3 is 19.8 Å². The predicted octanol–water partition coefficient (Wildman–Crippen LogP) is 19.2. The number of phosphoric acid groups is 1. The van der Waals surface area contributed by atoms with E-state index in [2.05, 4.69) is 92.1 Å². The van der Waals surface area contributed by atoms with Gasteiger partial charge in [-0.2, -0.15) is 0 Å². The summed E-state index contributed by atoms with van der Waals surface area (Å²) in [5.74, 6) is -0.186. The molecule has 430 valence electrons. The van der Waals surface area contributed by atoms with Gasteiger partial charge in [0.15, 0.2) is 0 Å². The van der Waals surface area contributed by atoms with Crippen LogP contribution in [0.15, 0.2) is 85.1 Å². The van der Waals surface area contributed by atoms with Crippen molar-refractivity contribution in [1.82, 2.24) is 5.32 Å². The number of likely N-dealkylation sites (N-methyl/N-ethyl adjacent to an activating group) is 1. The highest BCUT2D eigenvalue weighted by atomic mass is 31.2. The van der Waals surface area contributed by atoms with Gasteiger partial charge in [0.05, 0.1) is 39.9 Å². The quantitative estimate of drug-likeness (QED) is 0.0243. The van der Waals surface area contributed by atoms with Crippen molar-refractivity contribution in [2.24, 2.45) is 0 Å². The fraction of sp³-hybridized carbons (Fsp3) is 0.769. The van der Waals surface area contributed by atoms with Crippen molar-refractivity contribution < 1.29 is 32.9 Å². The number of unbranched alkanes of at least 4 members (excludes halogenated alkanes) is 31. The molecule has 0 bridgehead atoms. The average molecular weight is 1060 g/mol. The summed E-state index contributed by atoms with van der Waals surface area (Å²) in [6.07, 6.45) is 78.5. The smallest absolute Gasteiger partial charge is 0.387 e. The number of hydrogen-bond donors (Lipinski definition) is 3. The second kappa shape index (κ2) is 55.4. The molecule has 0 radical (unpaired) electrons. The Labute approximate surface area is 458 Å². The highest BCUT2D eigenvalue weighted by molar-refractivity contribution is 7.47. The summed E-state index contributed by atoms with van der Waals surface area (Å²) >= 11 is 0. The number of hydrogen-bond acceptors (Lipinski definition) is 5. The maximum absolute atomic E-state index is 13.0. The molecule has 0 aromatic carbocycles. The number of phosphoric ester groups is 1. The van der Waals surface area contributed by atoms with E-state index in [1.807, 2.05) is 27.2 Å². The molecule has 0 fully saturated rings. The summed E-state index contributed by atoms with van der Waals surface area (Å²) in [5, 5.41) is 13.9. The van der Waals surface area contributed by atoms with Gasteiger partial charge in [-0.1, -0.05) is 272 Å². The Balaban J connectivity index is 4.06. The summed E-state index contributed by atoms with van der Waals surface area (Å²) in [4.78, 5) is 23.3. The molecule has 0 saturated carbocycles. The van der Waals surface area contributed by atoms with Crippen LogP contribution in [0, 0.1) is 0 Å². The molecule has 0 aromatic heterocycles. The van der Waals surface area contributed by atoms with Gasteiger partial charge in [-0.25, -0.2) is 4.57 Å². The van der Waals surface area contributed by atoms with Crippen molar-refractivity contribution in [1.29, 1.82) is 0 Å². The number of rotatable bonds is 56. The van der Waals surface area contributed by atoms with E-state index in [1.54, 1.807) is 6.08 Å². The summed E-state index contributed by atoms with van der Waals surface area (Å²) in [6, 6.07) is -0.866. The number of nitrogens with zero attached hydrogens (tertiary/aromatic N) is 1. The second-order valence-electron chi connectivity index (χ2n) is 22.0. The zero-order chi connectivity index (χ0) is 54.2. The number of quaternary nitrogens is 1. The van der Waals surface area contributed by atoms with E-state index in [-0.39, 0.29) is 19.1 Å². The summed E-state index contributed by atoms with van der Waals surface area (Å²) in [5.41, 5.74) is 0. The van der Waals surface area contributed by atoms with Crippen molar-refractivity contribution in [2.45, 2.75) is 283 Å². The molecule has 0 aliphatic heterocycles. The van der Waals surface area contributed by atoms with Crippen molar-refractivity contribution in [3.63, 3.8) is 0 Å². The molecule has 8 nitrogen and oxygen atoms in total. The number of carbonyl (C=O) groups is 1. The van der Waals surface area contributed by atoms with Gasteiger partial charge in [0.2, 0.25) is 5.91 Å². The van der Waals surface area contributed by atoms with Gasteiger partial charge in [0, 0.05) is 6.42 Å². The third-order valence-corrected chi connectivity index (χ3v) is 14.6. The van der Waals surface area contributed by atoms with Gasteiger partial charge in [0.25, 0.3) is 0 Å². The molecular weight excluding hydrogens is 936 g/mol. The second-order valence-corrected chi connectivity index (χ2v) is 23.5. The molecule has 0 heterocycles. The molecule has 0 saturated heterocycles. The van der Waals surface area contributed by atoms with Crippen molar-refractivity contribution in [2.75, 3.05) is 40.9 Å². The Hall–Kier alpha value is -2.32. The highest BCUT2D eigenvalue weighted by Gasteiger charge is 2.27. The minimum Gasteiger partial charge on any atom is -0.387 e. The first-order chi connectivity index (χ1) is 36.0. The number of nitrogens with one attached hydrogen (secondary N) is 1. The van der Waals surface area contributed by atoms with Crippen LogP contribution in [0.25, 0.3) is 0 Å². The molecule has 0 spiro atoms. The first-order valence-electron chi connectivity index (χ1n) is 31.0. The number of aliphatic hydroxyl groups excluding tert-OH is 1. The molecule has 74 heavy (non-hydrogen) atoms. The Morgan fingerprint density at radius 2 is 0.824 bits per heavy atom. The van der Waals surface area contributed by atoms with Crippen LogP contribution in [0.3, 0.4) is 0 Å². The Morgan fingerprint density at radius 3 is 1.24 bits per heavy atom. The molecule has 0 aliphatic carbocycles. The van der Waals surface area contributed by atoms with Crippen LogP contribution in [0.1, 0.15) is 271 Å². The third kappa shape index (κ3) is 57.4. The molecule has 3 N–H and O–H groups in total. The van der Waals surface area contributed by atoms with Crippen LogP contribution >= 0.6 is 7.82 Å². The first kappa shape index (κ1) is 71.7. The molecule has 1 amide bonds. The fourth-order valence-corrected chi connectivity index (χ4v) is 9.53. The molecular formula is C65H120N2O6P+. The van der Waals surface area contributed by atoms with Gasteiger partial charge in [-0.3, -0.25) is 13.8 Å². The van der Waals surface area contributed by atoms with Crippen molar-refractivity contribution in [3.05, 3.63) is 85.1 Å². The molecule has 0 aromatic rings. The Bertz CT molecular complexity index is 1480. The van der Waals surface area contributed by atoms with Crippen LogP contribution in [-0.4, -0.2) is 73.4 Å². The standard InChI is InChI=1S/C65H119N2O6P/c1-6-8-10-12-14-16-18-20-22-24-25-26-27-28-29-30-31-32-33-34-35-36-37-38-39-40-41-43-45-47-49-51-53-55-57-59-65(69)66-63(62-73-74(70,71)72-61-60-67(3,4)5)64(68)58-56-54-52-50-48-46-44-42-23-21-19-17-15-13-11-9-7-2/h8,10,14,16,20,22,25-26,28-29,48,50,56,58,63-64,68H,6-7,9,11-13,15,17-19,21,23-24,27,30-47,49,51-55,57,59-62H2,1-5H3,(H-,66,69,70,71)/p+1/b10-8-,16-14-,22-20-,26-25-,29-28-,50-48+,58-56+. The van der Waals surface area contributed by atoms with Crippen LogP contribution in [0.4, 0.5) is 0 Å². The minimum atomic E-state index is -4.36. The largest absolute Gasteiger partial charge is 0.472 e. The fourth-order valence-electron chi connectivity index (χ4n) is 8.79. The number of allylic oxidation sites excluding steroid dienone is 13.